The lowest BCUT2D eigenvalue weighted by molar-refractivity contribution is -0.127. The summed E-state index contributed by atoms with van der Waals surface area (Å²) in [5.74, 6) is -1.39. The molecule has 0 atom stereocenters. The maximum absolute atomic E-state index is 12.9. The number of hydrogen-bond donors (Lipinski definition) is 1. The van der Waals surface area contributed by atoms with Gasteiger partial charge >= 0.3 is 0 Å². The van der Waals surface area contributed by atoms with Crippen LogP contribution in [0.25, 0.3) is 6.08 Å². The molecule has 26 heavy (non-hydrogen) atoms. The molecule has 0 bridgehead atoms. The summed E-state index contributed by atoms with van der Waals surface area (Å²) in [6.07, 6.45) is 1.50. The highest BCUT2D eigenvalue weighted by Crippen LogP contribution is 2.32. The molecule has 5 nitrogen and oxygen atoms in total. The van der Waals surface area contributed by atoms with Gasteiger partial charge in [-0.05, 0) is 82.4 Å². The van der Waals surface area contributed by atoms with E-state index in [9.17, 15) is 18.8 Å². The SMILES string of the molecule is O=C(CN1C(=O)S/C(=C/c2ccc(F)cc2)C1=O)Nc1ccc(I)cc1. The van der Waals surface area contributed by atoms with Gasteiger partial charge in [-0.15, -0.1) is 0 Å². The van der Waals surface area contributed by atoms with E-state index in [0.717, 1.165) is 20.2 Å². The molecule has 0 aliphatic carbocycles. The highest BCUT2D eigenvalue weighted by atomic mass is 127. The van der Waals surface area contributed by atoms with Gasteiger partial charge in [0.2, 0.25) is 5.91 Å². The summed E-state index contributed by atoms with van der Waals surface area (Å²) >= 11 is 2.90. The summed E-state index contributed by atoms with van der Waals surface area (Å²) in [5.41, 5.74) is 1.18. The third kappa shape index (κ3) is 4.50. The number of rotatable bonds is 4. The smallest absolute Gasteiger partial charge is 0.294 e. The third-order valence-corrected chi connectivity index (χ3v) is 5.10. The molecular weight excluding hydrogens is 470 g/mol. The average Bonchev–Trinajstić information content (AvgIpc) is 2.86. The van der Waals surface area contributed by atoms with Gasteiger partial charge in [0, 0.05) is 9.26 Å². The molecule has 0 saturated carbocycles. The van der Waals surface area contributed by atoms with Crippen molar-refractivity contribution in [2.75, 3.05) is 11.9 Å². The highest BCUT2D eigenvalue weighted by molar-refractivity contribution is 14.1. The van der Waals surface area contributed by atoms with Crippen LogP contribution in [0.5, 0.6) is 0 Å². The van der Waals surface area contributed by atoms with E-state index in [2.05, 4.69) is 27.9 Å². The average molecular weight is 482 g/mol. The van der Waals surface area contributed by atoms with Crippen molar-refractivity contribution in [1.29, 1.82) is 0 Å². The Morgan fingerprint density at radius 2 is 1.77 bits per heavy atom. The van der Waals surface area contributed by atoms with Crippen LogP contribution in [0.3, 0.4) is 0 Å². The van der Waals surface area contributed by atoms with Crippen molar-refractivity contribution >= 4 is 63.2 Å². The molecule has 1 saturated heterocycles. The second-order valence-corrected chi connectivity index (χ2v) is 7.61. The zero-order valence-corrected chi connectivity index (χ0v) is 16.2. The molecule has 0 aromatic heterocycles. The molecule has 3 rings (SSSR count). The van der Waals surface area contributed by atoms with Crippen LogP contribution in [-0.4, -0.2) is 28.5 Å². The maximum atomic E-state index is 12.9. The number of amides is 3. The summed E-state index contributed by atoms with van der Waals surface area (Å²) in [7, 11) is 0. The minimum Gasteiger partial charge on any atom is -0.325 e. The van der Waals surface area contributed by atoms with Crippen molar-refractivity contribution in [3.8, 4) is 0 Å². The second-order valence-electron chi connectivity index (χ2n) is 5.37. The molecule has 1 heterocycles. The van der Waals surface area contributed by atoms with E-state index < -0.39 is 17.1 Å². The fourth-order valence-corrected chi connectivity index (χ4v) is 3.42. The zero-order valence-electron chi connectivity index (χ0n) is 13.2. The molecule has 1 N–H and O–H groups in total. The Kier molecular flexibility index (Phi) is 5.72. The molecule has 1 aliphatic rings. The number of anilines is 1. The highest BCUT2D eigenvalue weighted by Gasteiger charge is 2.36. The number of nitrogens with zero attached hydrogens (tertiary/aromatic N) is 1. The lowest BCUT2D eigenvalue weighted by Gasteiger charge is -2.12. The number of nitrogens with one attached hydrogen (secondary N) is 1. The van der Waals surface area contributed by atoms with Gasteiger partial charge in [0.25, 0.3) is 11.1 Å². The van der Waals surface area contributed by atoms with Crippen LogP contribution >= 0.6 is 34.4 Å². The number of carbonyl (C=O) groups excluding carboxylic acids is 3. The number of imide groups is 1. The third-order valence-electron chi connectivity index (χ3n) is 3.47. The molecule has 0 unspecified atom stereocenters. The Bertz CT molecular complexity index is 898. The second kappa shape index (κ2) is 8.00. The van der Waals surface area contributed by atoms with E-state index in [-0.39, 0.29) is 17.3 Å². The lowest BCUT2D eigenvalue weighted by atomic mass is 10.2. The molecule has 3 amide bonds. The van der Waals surface area contributed by atoms with Crippen molar-refractivity contribution in [3.05, 3.63) is 68.4 Å². The molecule has 0 radical (unpaired) electrons. The van der Waals surface area contributed by atoms with Gasteiger partial charge in [-0.1, -0.05) is 12.1 Å². The first-order valence-electron chi connectivity index (χ1n) is 7.49. The Balaban J connectivity index is 1.67. The van der Waals surface area contributed by atoms with E-state index in [0.29, 0.717) is 11.3 Å². The van der Waals surface area contributed by atoms with Crippen LogP contribution in [0.15, 0.2) is 53.4 Å². The number of thioether (sulfide) groups is 1. The van der Waals surface area contributed by atoms with Crippen molar-refractivity contribution in [1.82, 2.24) is 4.90 Å². The first kappa shape index (κ1) is 18.6. The van der Waals surface area contributed by atoms with Crippen LogP contribution in [0.2, 0.25) is 0 Å². The minimum absolute atomic E-state index is 0.198. The molecule has 132 valence electrons. The normalized spacial score (nSPS) is 15.6. The lowest BCUT2D eigenvalue weighted by Crippen LogP contribution is -2.36. The number of hydrogen-bond acceptors (Lipinski definition) is 4. The van der Waals surface area contributed by atoms with Gasteiger partial charge in [0.05, 0.1) is 4.91 Å². The Hall–Kier alpha value is -2.20. The Morgan fingerprint density at radius 3 is 2.42 bits per heavy atom. The number of halogens is 2. The molecule has 0 spiro atoms. The van der Waals surface area contributed by atoms with Gasteiger partial charge < -0.3 is 5.32 Å². The van der Waals surface area contributed by atoms with Crippen molar-refractivity contribution in [3.63, 3.8) is 0 Å². The first-order valence-corrected chi connectivity index (χ1v) is 9.38. The van der Waals surface area contributed by atoms with Gasteiger partial charge in [0.15, 0.2) is 0 Å². The van der Waals surface area contributed by atoms with E-state index in [4.69, 9.17) is 0 Å². The number of benzene rings is 2. The van der Waals surface area contributed by atoms with Crippen molar-refractivity contribution < 1.29 is 18.8 Å². The first-order chi connectivity index (χ1) is 12.4. The zero-order chi connectivity index (χ0) is 18.7. The quantitative estimate of drug-likeness (QED) is 0.527. The molecule has 1 aliphatic heterocycles. The fourth-order valence-electron chi connectivity index (χ4n) is 2.22. The summed E-state index contributed by atoms with van der Waals surface area (Å²) in [6, 6.07) is 12.7. The van der Waals surface area contributed by atoms with Crippen LogP contribution in [0, 0.1) is 9.39 Å². The van der Waals surface area contributed by atoms with Gasteiger partial charge in [-0.3, -0.25) is 19.3 Å². The van der Waals surface area contributed by atoms with Crippen LogP contribution < -0.4 is 5.32 Å². The van der Waals surface area contributed by atoms with E-state index >= 15 is 0 Å². The van der Waals surface area contributed by atoms with Crippen LogP contribution in [0.1, 0.15) is 5.56 Å². The summed E-state index contributed by atoms with van der Waals surface area (Å²) < 4.78 is 14.0. The standard InChI is InChI=1S/C18H12FIN2O3S/c19-12-3-1-11(2-4-12)9-15-17(24)22(18(25)26-15)10-16(23)21-14-7-5-13(20)6-8-14/h1-9H,10H2,(H,21,23)/b15-9+. The van der Waals surface area contributed by atoms with Crippen LogP contribution in [-0.2, 0) is 9.59 Å². The molecular formula is C18H12FIN2O3S. The predicted molar refractivity (Wildman–Crippen MR) is 107 cm³/mol. The summed E-state index contributed by atoms with van der Waals surface area (Å²) in [5, 5.41) is 2.14. The van der Waals surface area contributed by atoms with Gasteiger partial charge in [-0.2, -0.15) is 0 Å². The number of carbonyl (C=O) groups is 3. The van der Waals surface area contributed by atoms with E-state index in [1.54, 1.807) is 12.1 Å². The van der Waals surface area contributed by atoms with Crippen molar-refractivity contribution in [2.45, 2.75) is 0 Å². The molecule has 2 aromatic rings. The molecule has 8 heteroatoms. The predicted octanol–water partition coefficient (Wildman–Crippen LogP) is 4.11. The summed E-state index contributed by atoms with van der Waals surface area (Å²) in [4.78, 5) is 37.6. The fraction of sp³-hybridized carbons (Fsp3) is 0.0556. The maximum Gasteiger partial charge on any atom is 0.294 e. The largest absolute Gasteiger partial charge is 0.325 e. The van der Waals surface area contributed by atoms with E-state index in [1.807, 2.05) is 12.1 Å². The molecule has 2 aromatic carbocycles. The van der Waals surface area contributed by atoms with Crippen molar-refractivity contribution in [2.24, 2.45) is 0 Å². The summed E-state index contributed by atoms with van der Waals surface area (Å²) in [6.45, 7) is -0.364. The Morgan fingerprint density at radius 1 is 1.12 bits per heavy atom. The topological polar surface area (TPSA) is 66.5 Å². The van der Waals surface area contributed by atoms with E-state index in [1.165, 1.54) is 30.3 Å². The van der Waals surface area contributed by atoms with Gasteiger partial charge in [-0.25, -0.2) is 4.39 Å². The van der Waals surface area contributed by atoms with Crippen LogP contribution in [0.4, 0.5) is 14.9 Å². The monoisotopic (exact) mass is 482 g/mol. The van der Waals surface area contributed by atoms with Gasteiger partial charge in [0.1, 0.15) is 12.4 Å². The molecule has 1 fully saturated rings. The minimum atomic E-state index is -0.540. The Labute approximate surface area is 166 Å².